The minimum atomic E-state index is 0.0560. The summed E-state index contributed by atoms with van der Waals surface area (Å²) in [6.45, 7) is 2.58. The summed E-state index contributed by atoms with van der Waals surface area (Å²) in [6, 6.07) is 9.31. The molecular weight excluding hydrogens is 286 g/mol. The van der Waals surface area contributed by atoms with E-state index in [2.05, 4.69) is 15.0 Å². The van der Waals surface area contributed by atoms with Crippen LogP contribution in [0.5, 0.6) is 5.75 Å². The summed E-state index contributed by atoms with van der Waals surface area (Å²) in [5.74, 6) is 1.21. The molecule has 0 bridgehead atoms. The number of fused-ring (bicyclic) bond motifs is 1. The van der Waals surface area contributed by atoms with Crippen molar-refractivity contribution in [3.63, 3.8) is 0 Å². The zero-order valence-electron chi connectivity index (χ0n) is 11.6. The number of ketones is 1. The van der Waals surface area contributed by atoms with Crippen LogP contribution in [0.15, 0.2) is 41.7 Å². The van der Waals surface area contributed by atoms with Crippen molar-refractivity contribution in [2.24, 2.45) is 0 Å². The number of ether oxygens (including phenoxy) is 1. The van der Waals surface area contributed by atoms with Crippen molar-refractivity contribution in [3.8, 4) is 5.75 Å². The third-order valence-corrected chi connectivity index (χ3v) is 3.85. The highest BCUT2D eigenvalue weighted by Gasteiger charge is 2.10. The van der Waals surface area contributed by atoms with Gasteiger partial charge in [-0.3, -0.25) is 4.79 Å². The van der Waals surface area contributed by atoms with E-state index in [1.807, 2.05) is 31.2 Å². The first kappa shape index (κ1) is 13.8. The smallest absolute Gasteiger partial charge is 0.189 e. The Morgan fingerprint density at radius 2 is 2.29 bits per heavy atom. The summed E-state index contributed by atoms with van der Waals surface area (Å²) in [5.41, 5.74) is 2.40. The van der Waals surface area contributed by atoms with Crippen LogP contribution in [0.3, 0.4) is 0 Å². The second-order valence-corrected chi connectivity index (χ2v) is 5.41. The van der Waals surface area contributed by atoms with Crippen LogP contribution < -0.4 is 4.74 Å². The van der Waals surface area contributed by atoms with E-state index in [-0.39, 0.29) is 5.78 Å². The van der Waals surface area contributed by atoms with Crippen LogP contribution >= 0.6 is 11.8 Å². The number of rotatable bonds is 6. The maximum Gasteiger partial charge on any atom is 0.189 e. The van der Waals surface area contributed by atoms with Crippen molar-refractivity contribution < 1.29 is 9.53 Å². The lowest BCUT2D eigenvalue weighted by atomic mass is 10.3. The standard InChI is InChI=1S/C15H15N3O2S/c1-2-20-10-5-6-11-13(8-10)18-15(17-11)21-9-14(19)12-4-3-7-16-12/h3-8,16H,2,9H2,1H3,(H,17,18). The van der Waals surface area contributed by atoms with Gasteiger partial charge in [0.1, 0.15) is 5.75 Å². The monoisotopic (exact) mass is 301 g/mol. The fourth-order valence-electron chi connectivity index (χ4n) is 2.01. The Morgan fingerprint density at radius 3 is 3.05 bits per heavy atom. The van der Waals surface area contributed by atoms with Crippen LogP contribution in [0, 0.1) is 0 Å². The van der Waals surface area contributed by atoms with E-state index < -0.39 is 0 Å². The van der Waals surface area contributed by atoms with E-state index in [4.69, 9.17) is 4.74 Å². The Morgan fingerprint density at radius 1 is 1.38 bits per heavy atom. The Labute approximate surface area is 126 Å². The van der Waals surface area contributed by atoms with Gasteiger partial charge >= 0.3 is 0 Å². The van der Waals surface area contributed by atoms with Crippen molar-refractivity contribution in [2.45, 2.75) is 12.1 Å². The molecule has 6 heteroatoms. The maximum atomic E-state index is 11.9. The lowest BCUT2D eigenvalue weighted by molar-refractivity contribution is 0.101. The van der Waals surface area contributed by atoms with Crippen molar-refractivity contribution in [3.05, 3.63) is 42.2 Å². The molecule has 2 heterocycles. The van der Waals surface area contributed by atoms with Crippen molar-refractivity contribution in [2.75, 3.05) is 12.4 Å². The van der Waals surface area contributed by atoms with E-state index in [1.165, 1.54) is 11.8 Å². The van der Waals surface area contributed by atoms with Crippen LogP contribution in [0.2, 0.25) is 0 Å². The van der Waals surface area contributed by atoms with E-state index in [1.54, 1.807) is 12.3 Å². The summed E-state index contributed by atoms with van der Waals surface area (Å²) in [5, 5.41) is 0.735. The number of Topliss-reactive ketones (excluding diaryl/α,β-unsaturated/α-hetero) is 1. The molecule has 0 aliphatic carbocycles. The van der Waals surface area contributed by atoms with Crippen LogP contribution in [0.4, 0.5) is 0 Å². The third-order valence-electron chi connectivity index (χ3n) is 2.98. The SMILES string of the molecule is CCOc1ccc2nc(SCC(=O)c3ccc[nH]3)[nH]c2c1. The van der Waals surface area contributed by atoms with Gasteiger partial charge in [0.05, 0.1) is 29.1 Å². The molecule has 0 unspecified atom stereocenters. The fraction of sp³-hybridized carbons (Fsp3) is 0.200. The molecule has 0 aliphatic heterocycles. The Hall–Kier alpha value is -2.21. The number of carbonyl (C=O) groups excluding carboxylic acids is 1. The number of imidazole rings is 1. The van der Waals surface area contributed by atoms with Gasteiger partial charge in [-0.1, -0.05) is 11.8 Å². The van der Waals surface area contributed by atoms with Crippen molar-refractivity contribution >= 4 is 28.6 Å². The van der Waals surface area contributed by atoms with Crippen LogP contribution in [0.1, 0.15) is 17.4 Å². The second-order valence-electron chi connectivity index (χ2n) is 4.45. The van der Waals surface area contributed by atoms with Gasteiger partial charge in [0.15, 0.2) is 10.9 Å². The first-order chi connectivity index (χ1) is 10.3. The van der Waals surface area contributed by atoms with Crippen LogP contribution in [0.25, 0.3) is 11.0 Å². The van der Waals surface area contributed by atoms with Gasteiger partial charge in [-0.15, -0.1) is 0 Å². The molecule has 0 saturated heterocycles. The van der Waals surface area contributed by atoms with Gasteiger partial charge in [0.25, 0.3) is 0 Å². The molecule has 108 valence electrons. The van der Waals surface area contributed by atoms with Gasteiger partial charge in [-0.2, -0.15) is 0 Å². The molecule has 0 fully saturated rings. The zero-order valence-corrected chi connectivity index (χ0v) is 12.4. The van der Waals surface area contributed by atoms with E-state index in [0.717, 1.165) is 21.9 Å². The van der Waals surface area contributed by atoms with E-state index in [0.29, 0.717) is 18.1 Å². The molecule has 3 rings (SSSR count). The number of thioether (sulfide) groups is 1. The number of hydrogen-bond donors (Lipinski definition) is 2. The number of H-pyrrole nitrogens is 2. The third kappa shape index (κ3) is 3.11. The Kier molecular flexibility index (Phi) is 3.96. The number of aromatic amines is 2. The highest BCUT2D eigenvalue weighted by atomic mass is 32.2. The first-order valence-corrected chi connectivity index (χ1v) is 7.67. The summed E-state index contributed by atoms with van der Waals surface area (Å²) >= 11 is 1.39. The molecule has 2 aromatic heterocycles. The molecule has 3 aromatic rings. The van der Waals surface area contributed by atoms with E-state index in [9.17, 15) is 4.79 Å². The number of nitrogens with one attached hydrogen (secondary N) is 2. The molecule has 1 aromatic carbocycles. The van der Waals surface area contributed by atoms with Gasteiger partial charge < -0.3 is 14.7 Å². The largest absolute Gasteiger partial charge is 0.494 e. The lowest BCUT2D eigenvalue weighted by Gasteiger charge is -2.00. The van der Waals surface area contributed by atoms with Gasteiger partial charge in [-0.25, -0.2) is 4.98 Å². The van der Waals surface area contributed by atoms with Gasteiger partial charge in [0, 0.05) is 12.3 Å². The number of benzene rings is 1. The molecule has 2 N–H and O–H groups in total. The predicted molar refractivity (Wildman–Crippen MR) is 83.1 cm³/mol. The van der Waals surface area contributed by atoms with Crippen molar-refractivity contribution in [1.82, 2.24) is 15.0 Å². The number of nitrogens with zero attached hydrogens (tertiary/aromatic N) is 1. The molecular formula is C15H15N3O2S. The molecule has 0 saturated carbocycles. The molecule has 0 spiro atoms. The summed E-state index contributed by atoms with van der Waals surface area (Å²) < 4.78 is 5.46. The van der Waals surface area contributed by atoms with Crippen LogP contribution in [-0.2, 0) is 0 Å². The Balaban J connectivity index is 1.71. The molecule has 0 radical (unpaired) electrons. The summed E-state index contributed by atoms with van der Waals surface area (Å²) in [6.07, 6.45) is 1.74. The number of hydrogen-bond acceptors (Lipinski definition) is 4. The molecule has 0 aliphatic rings. The zero-order chi connectivity index (χ0) is 14.7. The molecule has 5 nitrogen and oxygen atoms in total. The molecule has 21 heavy (non-hydrogen) atoms. The second kappa shape index (κ2) is 6.05. The fourth-order valence-corrected chi connectivity index (χ4v) is 2.77. The molecule has 0 atom stereocenters. The highest BCUT2D eigenvalue weighted by molar-refractivity contribution is 7.99. The topological polar surface area (TPSA) is 70.8 Å². The quantitative estimate of drug-likeness (QED) is 0.541. The summed E-state index contributed by atoms with van der Waals surface area (Å²) in [4.78, 5) is 22.5. The van der Waals surface area contributed by atoms with Crippen LogP contribution in [-0.4, -0.2) is 33.1 Å². The minimum Gasteiger partial charge on any atom is -0.494 e. The lowest BCUT2D eigenvalue weighted by Crippen LogP contribution is -2.02. The van der Waals surface area contributed by atoms with E-state index >= 15 is 0 Å². The van der Waals surface area contributed by atoms with Gasteiger partial charge in [-0.05, 0) is 31.2 Å². The highest BCUT2D eigenvalue weighted by Crippen LogP contribution is 2.23. The average Bonchev–Trinajstić information content (AvgIpc) is 3.13. The summed E-state index contributed by atoms with van der Waals surface area (Å²) in [7, 11) is 0. The maximum absolute atomic E-state index is 11.9. The number of carbonyl (C=O) groups is 1. The normalized spacial score (nSPS) is 10.9. The average molecular weight is 301 g/mol. The van der Waals surface area contributed by atoms with Gasteiger partial charge in [0.2, 0.25) is 0 Å². The number of aromatic nitrogens is 3. The first-order valence-electron chi connectivity index (χ1n) is 6.68. The predicted octanol–water partition coefficient (Wildman–Crippen LogP) is 3.26. The van der Waals surface area contributed by atoms with Crippen molar-refractivity contribution in [1.29, 1.82) is 0 Å². The Bertz CT molecular complexity index is 749. The molecule has 0 amide bonds. The minimum absolute atomic E-state index is 0.0560.